The first-order valence-corrected chi connectivity index (χ1v) is 8.41. The molecule has 0 spiro atoms. The zero-order valence-corrected chi connectivity index (χ0v) is 14.6. The predicted molar refractivity (Wildman–Crippen MR) is 86.7 cm³/mol. The summed E-state index contributed by atoms with van der Waals surface area (Å²) in [4.78, 5) is 38.1. The predicted octanol–water partition coefficient (Wildman–Crippen LogP) is 0.685. The van der Waals surface area contributed by atoms with Crippen molar-refractivity contribution in [3.8, 4) is 0 Å². The Morgan fingerprint density at radius 3 is 2.79 bits per heavy atom. The average Bonchev–Trinajstić information content (AvgIpc) is 3.39. The maximum atomic E-state index is 12.1. The van der Waals surface area contributed by atoms with Crippen molar-refractivity contribution < 1.29 is 43.6 Å². The highest BCUT2D eigenvalue weighted by molar-refractivity contribution is 5.59. The zero-order chi connectivity index (χ0) is 20.1. The molecule has 2 fully saturated rings. The van der Waals surface area contributed by atoms with E-state index in [0.29, 0.717) is 0 Å². The van der Waals surface area contributed by atoms with Gasteiger partial charge in [0.15, 0.2) is 24.9 Å². The van der Waals surface area contributed by atoms with E-state index < -0.39 is 36.4 Å². The lowest BCUT2D eigenvalue weighted by atomic mass is 10.2. The van der Waals surface area contributed by atoms with Crippen LogP contribution in [-0.2, 0) is 23.7 Å². The Balaban J connectivity index is 1.57. The van der Waals surface area contributed by atoms with Gasteiger partial charge in [0, 0.05) is 12.6 Å². The first-order valence-electron chi connectivity index (χ1n) is 8.41. The van der Waals surface area contributed by atoms with E-state index in [9.17, 15) is 14.4 Å². The van der Waals surface area contributed by atoms with Crippen molar-refractivity contribution in [1.29, 1.82) is 0 Å². The maximum absolute atomic E-state index is 12.1. The molecule has 0 radical (unpaired) electrons. The largest absolute Gasteiger partial charge is 0.510 e. The fraction of sp³-hybridized carbons (Fsp3) is 0.600. The normalized spacial score (nSPS) is 23.8. The number of nitrogens with zero attached hydrogens (tertiary/aromatic N) is 2. The van der Waals surface area contributed by atoms with Crippen LogP contribution in [0.3, 0.4) is 0 Å². The van der Waals surface area contributed by atoms with E-state index in [2.05, 4.69) is 4.98 Å². The number of ether oxygens (including phenoxy) is 5. The summed E-state index contributed by atoms with van der Waals surface area (Å²) in [6, 6.07) is 1.28. The molecule has 0 bridgehead atoms. The van der Waals surface area contributed by atoms with Crippen molar-refractivity contribution in [2.24, 2.45) is 0 Å². The first-order chi connectivity index (χ1) is 13.5. The van der Waals surface area contributed by atoms with Crippen LogP contribution in [0.5, 0.6) is 0 Å². The Kier molecular flexibility index (Phi) is 6.28. The van der Waals surface area contributed by atoms with Crippen LogP contribution in [0.2, 0.25) is 0 Å². The van der Waals surface area contributed by atoms with Gasteiger partial charge >= 0.3 is 18.0 Å². The molecule has 1 aromatic heterocycles. The van der Waals surface area contributed by atoms with E-state index in [4.69, 9.17) is 34.0 Å². The van der Waals surface area contributed by atoms with Crippen molar-refractivity contribution in [3.63, 3.8) is 0 Å². The monoisotopic (exact) mass is 401 g/mol. The number of carbonyl (C=O) groups excluding carboxylic acids is 1. The quantitative estimate of drug-likeness (QED) is 0.317. The van der Waals surface area contributed by atoms with Crippen molar-refractivity contribution in [2.75, 3.05) is 18.9 Å². The molecule has 2 aliphatic rings. The number of carboxylic acid groups (broad SMARTS) is 1. The SMILES string of the molecule is O=C(O)OC1C[C@@H](COC(=O)OCOC2CC2)O[C@H]1n1ccc(NO)nc1=O. The number of hydrogen-bond acceptors (Lipinski definition) is 11. The molecule has 3 atom stereocenters. The Morgan fingerprint density at radius 2 is 2.14 bits per heavy atom. The van der Waals surface area contributed by atoms with Crippen LogP contribution in [0.15, 0.2) is 17.1 Å². The van der Waals surface area contributed by atoms with E-state index >= 15 is 0 Å². The zero-order valence-electron chi connectivity index (χ0n) is 14.6. The van der Waals surface area contributed by atoms with Gasteiger partial charge in [0.05, 0.1) is 12.2 Å². The molecule has 13 heteroatoms. The minimum atomic E-state index is -1.55. The molecule has 1 saturated heterocycles. The van der Waals surface area contributed by atoms with Crippen LogP contribution >= 0.6 is 0 Å². The van der Waals surface area contributed by atoms with E-state index in [1.807, 2.05) is 0 Å². The number of rotatable bonds is 8. The lowest BCUT2D eigenvalue weighted by Crippen LogP contribution is -2.33. The summed E-state index contributed by atoms with van der Waals surface area (Å²) in [5.74, 6) is -0.0917. The second kappa shape index (κ2) is 8.86. The van der Waals surface area contributed by atoms with Gasteiger partial charge in [0.25, 0.3) is 0 Å². The van der Waals surface area contributed by atoms with Gasteiger partial charge in [0.1, 0.15) is 6.61 Å². The number of aromatic nitrogens is 2. The summed E-state index contributed by atoms with van der Waals surface area (Å²) < 4.78 is 26.2. The molecule has 13 nitrogen and oxygen atoms in total. The fourth-order valence-corrected chi connectivity index (χ4v) is 2.59. The minimum absolute atomic E-state index is 0.0370. The Morgan fingerprint density at radius 1 is 1.36 bits per heavy atom. The summed E-state index contributed by atoms with van der Waals surface area (Å²) in [5, 5.41) is 17.7. The molecule has 154 valence electrons. The third kappa shape index (κ3) is 5.31. The summed E-state index contributed by atoms with van der Waals surface area (Å²) in [6.45, 7) is -0.453. The van der Waals surface area contributed by atoms with Crippen molar-refractivity contribution in [3.05, 3.63) is 22.7 Å². The standard InChI is InChI=1S/C15H19N3O10/c19-13-16-11(17-23)3-4-18(13)12-10(28-14(20)21)5-9(27-12)6-24-15(22)26-7-25-8-1-2-8/h3-4,8-10,12,23H,1-2,5-7H2,(H,20,21)(H,16,17,19)/t9-,10?,12+/m0/s1. The minimum Gasteiger partial charge on any atom is -0.450 e. The maximum Gasteiger partial charge on any atom is 0.510 e. The third-order valence-electron chi connectivity index (χ3n) is 4.01. The van der Waals surface area contributed by atoms with E-state index in [1.165, 1.54) is 12.3 Å². The molecular weight excluding hydrogens is 382 g/mol. The molecule has 0 amide bonds. The Bertz CT molecular complexity index is 765. The average molecular weight is 401 g/mol. The second-order valence-electron chi connectivity index (χ2n) is 6.11. The molecular formula is C15H19N3O10. The second-order valence-corrected chi connectivity index (χ2v) is 6.11. The molecule has 1 aliphatic heterocycles. The highest BCUT2D eigenvalue weighted by Crippen LogP contribution is 2.31. The van der Waals surface area contributed by atoms with Gasteiger partial charge in [-0.1, -0.05) is 0 Å². The topological polar surface area (TPSA) is 168 Å². The number of anilines is 1. The van der Waals surface area contributed by atoms with Gasteiger partial charge in [-0.05, 0) is 18.9 Å². The lowest BCUT2D eigenvalue weighted by molar-refractivity contribution is -0.0799. The fourth-order valence-electron chi connectivity index (χ4n) is 2.59. The molecule has 0 aromatic carbocycles. The molecule has 3 rings (SSSR count). The van der Waals surface area contributed by atoms with Gasteiger partial charge in [0.2, 0.25) is 0 Å². The van der Waals surface area contributed by atoms with Crippen LogP contribution in [-0.4, -0.2) is 63.9 Å². The van der Waals surface area contributed by atoms with Gasteiger partial charge in [-0.3, -0.25) is 15.3 Å². The van der Waals surface area contributed by atoms with Crippen molar-refractivity contribution >= 4 is 18.1 Å². The van der Waals surface area contributed by atoms with Gasteiger partial charge in [-0.15, -0.1) is 0 Å². The number of nitrogens with one attached hydrogen (secondary N) is 1. The molecule has 3 N–H and O–H groups in total. The van der Waals surface area contributed by atoms with Crippen molar-refractivity contribution in [1.82, 2.24) is 9.55 Å². The smallest absolute Gasteiger partial charge is 0.450 e. The number of hydrogen-bond donors (Lipinski definition) is 3. The molecule has 1 aliphatic carbocycles. The Labute approximate surface area is 157 Å². The third-order valence-corrected chi connectivity index (χ3v) is 4.01. The van der Waals surface area contributed by atoms with E-state index in [1.54, 1.807) is 5.48 Å². The first kappa shape index (κ1) is 19.9. The lowest BCUT2D eigenvalue weighted by Gasteiger charge is -2.19. The molecule has 1 unspecified atom stereocenters. The van der Waals surface area contributed by atoms with Crippen LogP contribution < -0.4 is 11.2 Å². The van der Waals surface area contributed by atoms with Crippen LogP contribution in [0.25, 0.3) is 0 Å². The van der Waals surface area contributed by atoms with Crippen LogP contribution in [0.1, 0.15) is 25.5 Å². The summed E-state index contributed by atoms with van der Waals surface area (Å²) in [7, 11) is 0. The van der Waals surface area contributed by atoms with Crippen molar-refractivity contribution in [2.45, 2.75) is 43.8 Å². The Hall–Kier alpha value is -2.90. The highest BCUT2D eigenvalue weighted by Gasteiger charge is 2.40. The van der Waals surface area contributed by atoms with Gasteiger partial charge in [-0.2, -0.15) is 4.98 Å². The highest BCUT2D eigenvalue weighted by atomic mass is 16.8. The molecule has 1 saturated carbocycles. The van der Waals surface area contributed by atoms with Crippen LogP contribution in [0, 0.1) is 0 Å². The molecule has 28 heavy (non-hydrogen) atoms. The summed E-state index contributed by atoms with van der Waals surface area (Å²) in [5.41, 5.74) is 0.921. The van der Waals surface area contributed by atoms with Gasteiger partial charge < -0.3 is 28.8 Å². The van der Waals surface area contributed by atoms with Gasteiger partial charge in [-0.25, -0.2) is 14.4 Å². The summed E-state index contributed by atoms with van der Waals surface area (Å²) in [6.07, 6.45) is -2.12. The van der Waals surface area contributed by atoms with E-state index in [-0.39, 0.29) is 31.7 Å². The number of carbonyl (C=O) groups is 2. The van der Waals surface area contributed by atoms with E-state index in [0.717, 1.165) is 17.4 Å². The molecule has 1 aromatic rings. The van der Waals surface area contributed by atoms with Crippen LogP contribution in [0.4, 0.5) is 15.4 Å². The molecule has 2 heterocycles. The summed E-state index contributed by atoms with van der Waals surface area (Å²) >= 11 is 0.